The molecule has 1 aliphatic rings. The normalized spacial score (nSPS) is 16.3. The van der Waals surface area contributed by atoms with Gasteiger partial charge in [0.15, 0.2) is 0 Å². The van der Waals surface area contributed by atoms with Gasteiger partial charge in [0.05, 0.1) is 12.5 Å². The minimum atomic E-state index is -0.499. The summed E-state index contributed by atoms with van der Waals surface area (Å²) < 4.78 is 24.7. The topological polar surface area (TPSA) is 77.1 Å². The number of piperidine rings is 1. The van der Waals surface area contributed by atoms with E-state index in [2.05, 4.69) is 4.99 Å². The van der Waals surface area contributed by atoms with E-state index in [4.69, 9.17) is 26.8 Å². The number of hydrogen-bond acceptors (Lipinski definition) is 4. The van der Waals surface area contributed by atoms with E-state index in [9.17, 15) is 9.18 Å². The minimum absolute atomic E-state index is 0.0546. The first kappa shape index (κ1) is 21.3. The number of hydrogen-bond donors (Lipinski definition) is 1. The molecule has 6 nitrogen and oxygen atoms in total. The Balaban J connectivity index is 1.89. The fourth-order valence-electron chi connectivity index (χ4n) is 2.70. The molecule has 0 atom stereocenters. The van der Waals surface area contributed by atoms with Crippen molar-refractivity contribution in [3.63, 3.8) is 0 Å². The predicted molar refractivity (Wildman–Crippen MR) is 104 cm³/mol. The number of ether oxygens (including phenoxy) is 2. The lowest BCUT2D eigenvalue weighted by molar-refractivity contribution is 0.0165. The van der Waals surface area contributed by atoms with Crippen molar-refractivity contribution in [1.82, 2.24) is 4.90 Å². The van der Waals surface area contributed by atoms with Crippen LogP contribution in [0.15, 0.2) is 23.2 Å². The Labute approximate surface area is 164 Å². The summed E-state index contributed by atoms with van der Waals surface area (Å²) in [5, 5.41) is 0. The summed E-state index contributed by atoms with van der Waals surface area (Å²) in [6, 6.07) is 4.11. The van der Waals surface area contributed by atoms with Gasteiger partial charge in [-0.1, -0.05) is 0 Å². The number of rotatable bonds is 5. The van der Waals surface area contributed by atoms with Gasteiger partial charge in [-0.15, -0.1) is 11.6 Å². The second-order valence-corrected chi connectivity index (χ2v) is 7.84. The quantitative estimate of drug-likeness (QED) is 0.459. The van der Waals surface area contributed by atoms with Gasteiger partial charge in [0, 0.05) is 19.2 Å². The molecule has 0 saturated carbocycles. The average Bonchev–Trinajstić information content (AvgIpc) is 2.60. The first-order valence-electron chi connectivity index (χ1n) is 8.97. The van der Waals surface area contributed by atoms with E-state index < -0.39 is 11.4 Å². The van der Waals surface area contributed by atoms with Crippen LogP contribution in [0, 0.1) is 11.7 Å². The van der Waals surface area contributed by atoms with Crippen molar-refractivity contribution in [3.8, 4) is 5.75 Å². The second kappa shape index (κ2) is 9.26. The Morgan fingerprint density at radius 2 is 2.04 bits per heavy atom. The number of halogens is 2. The fourth-order valence-corrected chi connectivity index (χ4v) is 2.76. The Morgan fingerprint density at radius 3 is 2.63 bits per heavy atom. The maximum absolute atomic E-state index is 13.5. The van der Waals surface area contributed by atoms with Crippen molar-refractivity contribution < 1.29 is 18.7 Å². The van der Waals surface area contributed by atoms with Crippen LogP contribution >= 0.6 is 11.6 Å². The first-order chi connectivity index (χ1) is 12.7. The molecule has 1 fully saturated rings. The predicted octanol–water partition coefficient (Wildman–Crippen LogP) is 4.08. The molecule has 1 aromatic rings. The SMILES string of the molecule is CC(C)(C)OC(=O)N1CCC(COc2ccc(F)cc2N=C(N)CCl)CC1. The molecular weight excluding hydrogens is 373 g/mol. The molecule has 8 heteroatoms. The van der Waals surface area contributed by atoms with Crippen LogP contribution in [0.25, 0.3) is 0 Å². The number of amidine groups is 1. The zero-order valence-corrected chi connectivity index (χ0v) is 16.8. The Hall–Kier alpha value is -2.02. The van der Waals surface area contributed by atoms with E-state index >= 15 is 0 Å². The number of nitrogens with two attached hydrogens (primary N) is 1. The van der Waals surface area contributed by atoms with Gasteiger partial charge >= 0.3 is 6.09 Å². The molecule has 0 aromatic heterocycles. The van der Waals surface area contributed by atoms with E-state index in [1.807, 2.05) is 20.8 Å². The molecule has 0 aliphatic carbocycles. The molecule has 2 rings (SSSR count). The molecule has 2 N–H and O–H groups in total. The summed E-state index contributed by atoms with van der Waals surface area (Å²) in [5.74, 6) is 0.570. The summed E-state index contributed by atoms with van der Waals surface area (Å²) in [6.07, 6.45) is 1.33. The molecule has 1 saturated heterocycles. The van der Waals surface area contributed by atoms with E-state index in [0.717, 1.165) is 12.8 Å². The van der Waals surface area contributed by atoms with Gasteiger partial charge in [-0.3, -0.25) is 0 Å². The molecule has 27 heavy (non-hydrogen) atoms. The number of carbonyl (C=O) groups is 1. The summed E-state index contributed by atoms with van der Waals surface area (Å²) >= 11 is 5.64. The zero-order chi connectivity index (χ0) is 20.0. The van der Waals surface area contributed by atoms with Gasteiger partial charge in [-0.05, 0) is 51.7 Å². The van der Waals surface area contributed by atoms with Crippen LogP contribution in [-0.2, 0) is 4.74 Å². The maximum Gasteiger partial charge on any atom is 0.410 e. The highest BCUT2D eigenvalue weighted by Gasteiger charge is 2.27. The lowest BCUT2D eigenvalue weighted by Crippen LogP contribution is -2.42. The van der Waals surface area contributed by atoms with Crippen molar-refractivity contribution in [2.75, 3.05) is 25.6 Å². The van der Waals surface area contributed by atoms with Gasteiger partial charge < -0.3 is 20.1 Å². The van der Waals surface area contributed by atoms with Crippen molar-refractivity contribution in [2.45, 2.75) is 39.2 Å². The van der Waals surface area contributed by atoms with E-state index in [1.165, 1.54) is 18.2 Å². The lowest BCUT2D eigenvalue weighted by Gasteiger charge is -2.33. The van der Waals surface area contributed by atoms with Gasteiger partial charge in [0.2, 0.25) is 0 Å². The third-order valence-corrected chi connectivity index (χ3v) is 4.34. The van der Waals surface area contributed by atoms with Crippen LogP contribution in [0.1, 0.15) is 33.6 Å². The number of aliphatic imine (C=N–C) groups is 1. The molecule has 150 valence electrons. The average molecular weight is 400 g/mol. The van der Waals surface area contributed by atoms with Crippen LogP contribution in [-0.4, -0.2) is 48.0 Å². The van der Waals surface area contributed by atoms with Crippen LogP contribution in [0.4, 0.5) is 14.9 Å². The lowest BCUT2D eigenvalue weighted by atomic mass is 9.98. The number of alkyl halides is 1. The third kappa shape index (κ3) is 6.90. The highest BCUT2D eigenvalue weighted by atomic mass is 35.5. The number of carbonyl (C=O) groups excluding carboxylic acids is 1. The number of likely N-dealkylation sites (tertiary alicyclic amines) is 1. The molecule has 0 spiro atoms. The van der Waals surface area contributed by atoms with Crippen molar-refractivity contribution in [1.29, 1.82) is 0 Å². The summed E-state index contributed by atoms with van der Waals surface area (Å²) in [6.45, 7) is 7.26. The molecule has 1 aromatic carbocycles. The smallest absolute Gasteiger partial charge is 0.410 e. The number of benzene rings is 1. The molecular formula is C19H27ClFN3O3. The van der Waals surface area contributed by atoms with Crippen LogP contribution in [0.2, 0.25) is 0 Å². The molecule has 1 amide bonds. The van der Waals surface area contributed by atoms with Crippen molar-refractivity contribution >= 4 is 29.2 Å². The van der Waals surface area contributed by atoms with Gasteiger partial charge in [0.1, 0.15) is 28.7 Å². The minimum Gasteiger partial charge on any atom is -0.491 e. The summed E-state index contributed by atoms with van der Waals surface area (Å²) in [4.78, 5) is 17.9. The molecule has 0 radical (unpaired) electrons. The van der Waals surface area contributed by atoms with E-state index in [0.29, 0.717) is 31.1 Å². The Bertz CT molecular complexity index is 683. The first-order valence-corrected chi connectivity index (χ1v) is 9.50. The van der Waals surface area contributed by atoms with Crippen LogP contribution < -0.4 is 10.5 Å². The second-order valence-electron chi connectivity index (χ2n) is 7.57. The van der Waals surface area contributed by atoms with Crippen molar-refractivity contribution in [3.05, 3.63) is 24.0 Å². The highest BCUT2D eigenvalue weighted by Crippen LogP contribution is 2.30. The largest absolute Gasteiger partial charge is 0.491 e. The van der Waals surface area contributed by atoms with Gasteiger partial charge in [-0.2, -0.15) is 0 Å². The maximum atomic E-state index is 13.5. The Morgan fingerprint density at radius 1 is 1.37 bits per heavy atom. The van der Waals surface area contributed by atoms with E-state index in [1.54, 1.807) is 4.90 Å². The third-order valence-electron chi connectivity index (χ3n) is 4.06. The monoisotopic (exact) mass is 399 g/mol. The van der Waals surface area contributed by atoms with Crippen LogP contribution in [0.5, 0.6) is 5.75 Å². The van der Waals surface area contributed by atoms with Gasteiger partial charge in [0.25, 0.3) is 0 Å². The summed E-state index contributed by atoms with van der Waals surface area (Å²) in [5.41, 5.74) is 5.46. The Kier molecular flexibility index (Phi) is 7.30. The fraction of sp³-hybridized carbons (Fsp3) is 0.579. The molecule has 0 bridgehead atoms. The number of nitrogens with zero attached hydrogens (tertiary/aromatic N) is 2. The van der Waals surface area contributed by atoms with Crippen molar-refractivity contribution in [2.24, 2.45) is 16.6 Å². The molecule has 0 unspecified atom stereocenters. The van der Waals surface area contributed by atoms with Gasteiger partial charge in [-0.25, -0.2) is 14.2 Å². The standard InChI is InChI=1S/C19H27ClFN3O3/c1-19(2,3)27-18(25)24-8-6-13(7-9-24)12-26-16-5-4-14(21)10-15(16)23-17(22)11-20/h4-5,10,13H,6-9,11-12H2,1-3H3,(H2,22,23). The molecule has 1 heterocycles. The number of amides is 1. The zero-order valence-electron chi connectivity index (χ0n) is 16.0. The summed E-state index contributed by atoms with van der Waals surface area (Å²) in [7, 11) is 0. The highest BCUT2D eigenvalue weighted by molar-refractivity contribution is 6.28. The van der Waals surface area contributed by atoms with E-state index in [-0.39, 0.29) is 23.7 Å². The molecule has 1 aliphatic heterocycles. The van der Waals surface area contributed by atoms with Crippen LogP contribution in [0.3, 0.4) is 0 Å².